The van der Waals surface area contributed by atoms with Crippen LogP contribution in [0.4, 0.5) is 5.69 Å². The van der Waals surface area contributed by atoms with Crippen LogP contribution in [0.2, 0.25) is 0 Å². The van der Waals surface area contributed by atoms with Crippen LogP contribution in [0.3, 0.4) is 0 Å². The molecule has 5 nitrogen and oxygen atoms in total. The third kappa shape index (κ3) is 5.91. The van der Waals surface area contributed by atoms with E-state index >= 15 is 0 Å². The summed E-state index contributed by atoms with van der Waals surface area (Å²) in [4.78, 5) is 13.4. The molecule has 0 saturated heterocycles. The molecule has 2 N–H and O–H groups in total. The summed E-state index contributed by atoms with van der Waals surface area (Å²) in [5, 5.41) is 10.9. The van der Waals surface area contributed by atoms with Crippen LogP contribution in [0.5, 0.6) is 0 Å². The van der Waals surface area contributed by atoms with Crippen LogP contribution >= 0.6 is 0 Å². The van der Waals surface area contributed by atoms with E-state index in [0.29, 0.717) is 11.8 Å². The van der Waals surface area contributed by atoms with Crippen molar-refractivity contribution in [3.8, 4) is 11.1 Å². The minimum absolute atomic E-state index is 0.0673. The molecule has 1 heterocycles. The lowest BCUT2D eigenvalue weighted by molar-refractivity contribution is -0.118. The van der Waals surface area contributed by atoms with Gasteiger partial charge in [0, 0.05) is 30.5 Å². The minimum Gasteiger partial charge on any atom is -0.324 e. The molecule has 0 saturated carbocycles. The molecule has 1 aliphatic rings. The highest BCUT2D eigenvalue weighted by molar-refractivity contribution is 5.95. The summed E-state index contributed by atoms with van der Waals surface area (Å²) in [6.45, 7) is 6.64. The molecule has 176 valence electrons. The van der Waals surface area contributed by atoms with Gasteiger partial charge in [-0.2, -0.15) is 5.10 Å². The highest BCUT2D eigenvalue weighted by Gasteiger charge is 2.23. The fourth-order valence-electron chi connectivity index (χ4n) is 4.33. The highest BCUT2D eigenvalue weighted by atomic mass is 16.2. The first-order valence-corrected chi connectivity index (χ1v) is 12.0. The minimum atomic E-state index is -0.446. The average molecular weight is 455 g/mol. The Bertz CT molecular complexity index is 1160. The molecule has 34 heavy (non-hydrogen) atoms. The van der Waals surface area contributed by atoms with Crippen LogP contribution in [0, 0.1) is 11.8 Å². The van der Waals surface area contributed by atoms with Gasteiger partial charge in [0.2, 0.25) is 5.91 Å². The van der Waals surface area contributed by atoms with Gasteiger partial charge in [-0.15, -0.1) is 0 Å². The van der Waals surface area contributed by atoms with Gasteiger partial charge in [-0.3, -0.25) is 14.8 Å². The summed E-state index contributed by atoms with van der Waals surface area (Å²) in [6.07, 6.45) is 11.5. The summed E-state index contributed by atoms with van der Waals surface area (Å²) in [6, 6.07) is 17.5. The van der Waals surface area contributed by atoms with E-state index in [1.54, 1.807) is 4.68 Å². The van der Waals surface area contributed by atoms with Crippen LogP contribution in [0.25, 0.3) is 11.1 Å². The largest absolute Gasteiger partial charge is 0.324 e. The predicted octanol–water partition coefficient (Wildman–Crippen LogP) is 5.90. The zero-order chi connectivity index (χ0) is 24.1. The number of carbonyl (C=O) groups is 1. The molecule has 0 radical (unpaired) electrons. The summed E-state index contributed by atoms with van der Waals surface area (Å²) < 4.78 is 1.78. The molecule has 0 bridgehead atoms. The number of carbonyl (C=O) groups excluding carboxylic acids is 1. The molecule has 0 spiro atoms. The topological polar surface area (TPSA) is 59.0 Å². The number of hydrogen-bond acceptors (Lipinski definition) is 3. The van der Waals surface area contributed by atoms with Gasteiger partial charge in [0.25, 0.3) is 0 Å². The van der Waals surface area contributed by atoms with Gasteiger partial charge in [0.05, 0.1) is 6.20 Å². The summed E-state index contributed by atoms with van der Waals surface area (Å²) in [7, 11) is 1.90. The third-order valence-corrected chi connectivity index (χ3v) is 6.50. The zero-order valence-electron chi connectivity index (χ0n) is 20.4. The van der Waals surface area contributed by atoms with Gasteiger partial charge >= 0.3 is 0 Å². The van der Waals surface area contributed by atoms with E-state index in [9.17, 15) is 4.79 Å². The van der Waals surface area contributed by atoms with Crippen LogP contribution in [-0.4, -0.2) is 21.7 Å². The quantitative estimate of drug-likeness (QED) is 0.445. The second-order valence-corrected chi connectivity index (χ2v) is 9.40. The molecular formula is C29H34N4O. The molecule has 2 aromatic carbocycles. The van der Waals surface area contributed by atoms with Gasteiger partial charge in [0.15, 0.2) is 0 Å². The molecule has 1 amide bonds. The third-order valence-electron chi connectivity index (χ3n) is 6.50. The fourth-order valence-corrected chi connectivity index (χ4v) is 4.33. The zero-order valence-corrected chi connectivity index (χ0v) is 20.4. The SMILES string of the molecule is CC1C=CC(C[C@H](C)NC(C(=O)Nc2ccc(-c3cnn(C)c3)cc2)c2ccccc2)=CC1C. The molecule has 3 unspecified atom stereocenters. The number of hydrogen-bond donors (Lipinski definition) is 2. The summed E-state index contributed by atoms with van der Waals surface area (Å²) >= 11 is 0. The Morgan fingerprint density at radius 1 is 1.03 bits per heavy atom. The maximum Gasteiger partial charge on any atom is 0.246 e. The van der Waals surface area contributed by atoms with E-state index in [2.05, 4.69) is 54.7 Å². The summed E-state index contributed by atoms with van der Waals surface area (Å²) in [5.41, 5.74) is 5.16. The van der Waals surface area contributed by atoms with Crippen molar-refractivity contribution in [1.82, 2.24) is 15.1 Å². The first-order valence-electron chi connectivity index (χ1n) is 12.0. The summed E-state index contributed by atoms with van der Waals surface area (Å²) in [5.74, 6) is 1.04. The average Bonchev–Trinajstić information content (AvgIpc) is 3.27. The van der Waals surface area contributed by atoms with Crippen LogP contribution in [-0.2, 0) is 11.8 Å². The van der Waals surface area contributed by atoms with Crippen molar-refractivity contribution in [3.05, 3.63) is 96.4 Å². The van der Waals surface area contributed by atoms with Gasteiger partial charge in [-0.1, -0.05) is 80.1 Å². The van der Waals surface area contributed by atoms with Gasteiger partial charge in [0.1, 0.15) is 6.04 Å². The molecule has 4 atom stereocenters. The maximum atomic E-state index is 13.4. The molecule has 0 aliphatic heterocycles. The number of rotatable bonds is 8. The van der Waals surface area contributed by atoms with Gasteiger partial charge in [-0.05, 0) is 48.4 Å². The van der Waals surface area contributed by atoms with E-state index in [1.807, 2.05) is 74.0 Å². The van der Waals surface area contributed by atoms with Crippen molar-refractivity contribution in [2.24, 2.45) is 18.9 Å². The normalized spacial score (nSPS) is 19.4. The van der Waals surface area contributed by atoms with E-state index in [-0.39, 0.29) is 11.9 Å². The molecule has 5 heteroatoms. The lowest BCUT2D eigenvalue weighted by Crippen LogP contribution is -2.38. The van der Waals surface area contributed by atoms with E-state index < -0.39 is 6.04 Å². The van der Waals surface area contributed by atoms with Crippen molar-refractivity contribution < 1.29 is 4.79 Å². The molecule has 1 aromatic heterocycles. The smallest absolute Gasteiger partial charge is 0.246 e. The Morgan fingerprint density at radius 2 is 1.76 bits per heavy atom. The van der Waals surface area contributed by atoms with E-state index in [0.717, 1.165) is 28.8 Å². The van der Waals surface area contributed by atoms with Crippen molar-refractivity contribution in [1.29, 1.82) is 0 Å². The molecule has 1 aliphatic carbocycles. The van der Waals surface area contributed by atoms with Gasteiger partial charge < -0.3 is 5.32 Å². The number of benzene rings is 2. The standard InChI is InChI=1S/C29H34N4O/c1-20-10-11-23(16-21(20)2)17-22(3)31-28(25-8-6-5-7-9-25)29(34)32-27-14-12-24(13-15-27)26-18-30-33(4)19-26/h5-16,18-22,28,31H,17H2,1-4H3,(H,32,34)/t20?,21?,22-,28?/m0/s1. The first-order chi connectivity index (χ1) is 16.4. The lowest BCUT2D eigenvalue weighted by atomic mass is 9.87. The number of anilines is 1. The molecule has 3 aromatic rings. The Labute approximate surface area is 202 Å². The van der Waals surface area contributed by atoms with Crippen molar-refractivity contribution >= 4 is 11.6 Å². The lowest BCUT2D eigenvalue weighted by Gasteiger charge is -2.25. The second-order valence-electron chi connectivity index (χ2n) is 9.40. The first kappa shape index (κ1) is 23.7. The van der Waals surface area contributed by atoms with Crippen molar-refractivity contribution in [3.63, 3.8) is 0 Å². The Balaban J connectivity index is 1.46. The number of nitrogens with zero attached hydrogens (tertiary/aromatic N) is 2. The Morgan fingerprint density at radius 3 is 2.41 bits per heavy atom. The number of nitrogens with one attached hydrogen (secondary N) is 2. The molecule has 0 fully saturated rings. The van der Waals surface area contributed by atoms with Crippen LogP contribution in [0.1, 0.15) is 38.8 Å². The van der Waals surface area contributed by atoms with Crippen molar-refractivity contribution in [2.45, 2.75) is 39.3 Å². The van der Waals surface area contributed by atoms with Gasteiger partial charge in [-0.25, -0.2) is 0 Å². The monoisotopic (exact) mass is 454 g/mol. The maximum absolute atomic E-state index is 13.4. The Hall–Kier alpha value is -3.44. The number of aromatic nitrogens is 2. The van der Waals surface area contributed by atoms with Crippen molar-refractivity contribution in [2.75, 3.05) is 5.32 Å². The van der Waals surface area contributed by atoms with Crippen LogP contribution in [0.15, 0.2) is 90.8 Å². The predicted molar refractivity (Wildman–Crippen MR) is 139 cm³/mol. The van der Waals surface area contributed by atoms with Crippen LogP contribution < -0.4 is 10.6 Å². The number of aryl methyl sites for hydroxylation is 1. The highest BCUT2D eigenvalue weighted by Crippen LogP contribution is 2.26. The molecular weight excluding hydrogens is 420 g/mol. The Kier molecular flexibility index (Phi) is 7.43. The molecule has 4 rings (SSSR count). The number of allylic oxidation sites excluding steroid dienone is 3. The fraction of sp³-hybridized carbons (Fsp3) is 0.310. The van der Waals surface area contributed by atoms with E-state index in [4.69, 9.17) is 0 Å². The number of amides is 1. The second kappa shape index (κ2) is 10.7. The van der Waals surface area contributed by atoms with E-state index in [1.165, 1.54) is 5.57 Å².